The first-order valence-electron chi connectivity index (χ1n) is 4.42. The third kappa shape index (κ3) is 7.74. The summed E-state index contributed by atoms with van der Waals surface area (Å²) < 4.78 is 0. The Morgan fingerprint density at radius 1 is 0.667 bits per heavy atom. The summed E-state index contributed by atoms with van der Waals surface area (Å²) in [6.07, 6.45) is 0. The van der Waals surface area contributed by atoms with Gasteiger partial charge in [0.25, 0.3) is 0 Å². The number of benzene rings is 1. The van der Waals surface area contributed by atoms with Crippen LogP contribution in [0, 0.1) is 0 Å². The predicted molar refractivity (Wildman–Crippen MR) is 82.3 cm³/mol. The Bertz CT molecular complexity index is 547. The summed E-state index contributed by atoms with van der Waals surface area (Å²) in [6.45, 7) is 0. The van der Waals surface area contributed by atoms with Gasteiger partial charge in [-0.05, 0) is 17.2 Å². The maximum Gasteiger partial charge on any atom is 2.00 e. The van der Waals surface area contributed by atoms with E-state index in [1.807, 2.05) is 24.3 Å². The van der Waals surface area contributed by atoms with Crippen molar-refractivity contribution in [2.24, 2.45) is 0 Å². The Balaban J connectivity index is -0.000000101. The summed E-state index contributed by atoms with van der Waals surface area (Å²) in [5.41, 5.74) is 1.60. The molecule has 3 rings (SSSR count). The summed E-state index contributed by atoms with van der Waals surface area (Å²) in [6, 6.07) is 7.38. The molecule has 0 fully saturated rings. The summed E-state index contributed by atoms with van der Waals surface area (Å²) >= 11 is 0. The second kappa shape index (κ2) is 17.0. The molecule has 0 aliphatic rings. The summed E-state index contributed by atoms with van der Waals surface area (Å²) in [4.78, 5) is 0. The molecule has 19 N–H and O–H groups in total. The minimum atomic E-state index is 0. The summed E-state index contributed by atoms with van der Waals surface area (Å²) in [5, 5.41) is 28.8. The maximum atomic E-state index is 3.76. The standard InChI is InChI=1S/C8H4N8.Mn.7H2O/c1-2-5(7-9-13-14-10-7)4-6(3-1)8-11-15-16-12-8;;;;;;;;/h1-4H;;7*1H2/q-2;+2;;;;;;;/p+5. The predicted octanol–water partition coefficient (Wildman–Crippen LogP) is -6.96. The first kappa shape index (κ1) is 37.7. The van der Waals surface area contributed by atoms with Gasteiger partial charge in [-0.25, -0.2) is 0 Å². The molecule has 15 nitrogen and oxygen atoms in total. The number of hydrogen-bond acceptors (Lipinski definition) is 6. The fourth-order valence-corrected chi connectivity index (χ4v) is 1.32. The van der Waals surface area contributed by atoms with E-state index in [9.17, 15) is 0 Å². The quantitative estimate of drug-likeness (QED) is 0.294. The number of hydrogen-bond donors (Lipinski definition) is 0. The van der Waals surface area contributed by atoms with Crippen LogP contribution in [0.25, 0.3) is 22.8 Å². The van der Waals surface area contributed by atoms with Crippen molar-refractivity contribution in [3.63, 3.8) is 0 Å². The monoisotopic (exact) mass is 398 g/mol. The van der Waals surface area contributed by atoms with Crippen LogP contribution >= 0.6 is 0 Å². The molecule has 0 aliphatic carbocycles. The third-order valence-electron chi connectivity index (χ3n) is 2.02. The molecule has 2 aromatic heterocycles. The normalized spacial score (nSPS) is 7.00. The zero-order valence-corrected chi connectivity index (χ0v) is 13.3. The van der Waals surface area contributed by atoms with E-state index in [1.54, 1.807) is 0 Å². The molecule has 0 aliphatic heterocycles. The number of aromatic nitrogens is 8. The van der Waals surface area contributed by atoms with E-state index < -0.39 is 0 Å². The van der Waals surface area contributed by atoms with Crippen molar-refractivity contribution in [3.8, 4) is 22.8 Å². The first-order valence-corrected chi connectivity index (χ1v) is 4.42. The van der Waals surface area contributed by atoms with Crippen molar-refractivity contribution in [1.29, 1.82) is 0 Å². The first-order chi connectivity index (χ1) is 7.93. The van der Waals surface area contributed by atoms with Gasteiger partial charge in [0.1, 0.15) is 0 Å². The fourth-order valence-electron chi connectivity index (χ4n) is 1.32. The smallest absolute Gasteiger partial charge is 0.457 e. The SMILES string of the molecule is O.O.[Mn+2].[OH3+].[OH3+].[OH3+].[OH3+].[OH3+].c1cc(-c2nnn[n-]2)cc(-c2nnn[n-]2)c1. The number of rotatable bonds is 2. The average Bonchev–Trinajstić information content (AvgIpc) is 3.03. The van der Waals surface area contributed by atoms with E-state index in [-0.39, 0.29) is 55.4 Å². The van der Waals surface area contributed by atoms with Gasteiger partial charge in [-0.3, -0.25) is 20.6 Å². The van der Waals surface area contributed by atoms with Gasteiger partial charge in [0.2, 0.25) is 0 Å². The van der Waals surface area contributed by atoms with Gasteiger partial charge >= 0.3 is 17.1 Å². The largest absolute Gasteiger partial charge is 2.00 e. The Labute approximate surface area is 144 Å². The Morgan fingerprint density at radius 2 is 1.04 bits per heavy atom. The molecular formula is C8H23MnN8O7+5. The molecule has 0 amide bonds. The van der Waals surface area contributed by atoms with Crippen LogP contribution in [0.5, 0.6) is 0 Å². The molecule has 24 heavy (non-hydrogen) atoms. The van der Waals surface area contributed by atoms with Crippen LogP contribution in [0.15, 0.2) is 24.3 Å². The summed E-state index contributed by atoms with van der Waals surface area (Å²) in [5.74, 6) is 0.934. The second-order valence-corrected chi connectivity index (χ2v) is 2.99. The average molecular weight is 398 g/mol. The minimum Gasteiger partial charge on any atom is -0.457 e. The van der Waals surface area contributed by atoms with Crippen LogP contribution in [-0.4, -0.2) is 42.0 Å². The van der Waals surface area contributed by atoms with Gasteiger partial charge in [0.15, 0.2) is 0 Å². The summed E-state index contributed by atoms with van der Waals surface area (Å²) in [7, 11) is 0. The maximum absolute atomic E-state index is 3.76. The molecule has 0 spiro atoms. The van der Waals surface area contributed by atoms with Crippen molar-refractivity contribution >= 4 is 0 Å². The molecule has 2 heterocycles. The molecule has 1 radical (unpaired) electrons. The van der Waals surface area contributed by atoms with Gasteiger partial charge in [-0.15, -0.1) is 0 Å². The second-order valence-electron chi connectivity index (χ2n) is 2.99. The van der Waals surface area contributed by atoms with Crippen LogP contribution < -0.4 is 10.2 Å². The van der Waals surface area contributed by atoms with Gasteiger partial charge in [-0.2, -0.15) is 10.4 Å². The van der Waals surface area contributed by atoms with E-state index >= 15 is 0 Å². The molecule has 0 bridgehead atoms. The van der Waals surface area contributed by atoms with Crippen LogP contribution in [0.4, 0.5) is 0 Å². The Morgan fingerprint density at radius 3 is 1.33 bits per heavy atom. The molecular weight excluding hydrogens is 375 g/mol. The van der Waals surface area contributed by atoms with Gasteiger partial charge in [0.05, 0.1) is 0 Å². The number of nitrogens with zero attached hydrogens (tertiary/aromatic N) is 8. The third-order valence-corrected chi connectivity index (χ3v) is 2.02. The fraction of sp³-hybridized carbons (Fsp3) is 0. The minimum absolute atomic E-state index is 0. The van der Waals surface area contributed by atoms with E-state index in [1.165, 1.54) is 0 Å². The zero-order valence-electron chi connectivity index (χ0n) is 12.2. The van der Waals surface area contributed by atoms with Crippen LogP contribution in [0.1, 0.15) is 0 Å². The molecule has 0 saturated heterocycles. The van der Waals surface area contributed by atoms with E-state index in [0.717, 1.165) is 11.1 Å². The molecule has 0 atom stereocenters. The number of tetrazole rings is 2. The van der Waals surface area contributed by atoms with Crippen LogP contribution in [-0.2, 0) is 44.4 Å². The Kier molecular flexibility index (Phi) is 26.6. The molecule has 3 aromatic rings. The van der Waals surface area contributed by atoms with Crippen molar-refractivity contribution in [2.45, 2.75) is 0 Å². The van der Waals surface area contributed by atoms with Crippen LogP contribution in [0.2, 0.25) is 0 Å². The Hall–Kier alpha value is -2.40. The topological polar surface area (TPSA) is 334 Å². The van der Waals surface area contributed by atoms with Crippen molar-refractivity contribution in [2.75, 3.05) is 0 Å². The van der Waals surface area contributed by atoms with Gasteiger partial charge in [0, 0.05) is 11.6 Å². The molecule has 139 valence electrons. The molecule has 16 heteroatoms. The van der Waals surface area contributed by atoms with E-state index in [4.69, 9.17) is 0 Å². The zero-order chi connectivity index (χ0) is 10.8. The van der Waals surface area contributed by atoms with Gasteiger partial charge in [-0.1, -0.05) is 18.2 Å². The van der Waals surface area contributed by atoms with Crippen molar-refractivity contribution in [3.05, 3.63) is 24.3 Å². The molecule has 0 unspecified atom stereocenters. The van der Waals surface area contributed by atoms with Crippen molar-refractivity contribution in [1.82, 2.24) is 41.2 Å². The van der Waals surface area contributed by atoms with Crippen LogP contribution in [0.3, 0.4) is 0 Å². The van der Waals surface area contributed by atoms with Gasteiger partial charge < -0.3 is 48.5 Å². The molecule has 0 saturated carbocycles. The molecule has 1 aromatic carbocycles. The van der Waals surface area contributed by atoms with E-state index in [2.05, 4.69) is 41.2 Å². The van der Waals surface area contributed by atoms with E-state index in [0.29, 0.717) is 11.6 Å². The van der Waals surface area contributed by atoms with Crippen molar-refractivity contribution < 1.29 is 55.4 Å².